The maximum Gasteiger partial charge on any atom is 0.0496 e. The molecule has 4 aliphatic rings. The summed E-state index contributed by atoms with van der Waals surface area (Å²) in [7, 11) is 0. The smallest absolute Gasteiger partial charge is 0.0496 e. The molecular formula is C33H39N6Pt-3. The monoisotopic (exact) mass is 714 g/mol. The van der Waals surface area contributed by atoms with Crippen LogP contribution in [0.5, 0.6) is 0 Å². The van der Waals surface area contributed by atoms with Gasteiger partial charge in [0.15, 0.2) is 0 Å². The molecule has 0 radical (unpaired) electrons. The van der Waals surface area contributed by atoms with Gasteiger partial charge in [0.2, 0.25) is 0 Å². The fourth-order valence-corrected chi connectivity index (χ4v) is 8.36. The number of fused-ring (bicyclic) bond motifs is 10. The minimum atomic E-state index is 0. The van der Waals surface area contributed by atoms with E-state index in [1.807, 2.05) is 48.8 Å². The van der Waals surface area contributed by atoms with E-state index in [4.69, 9.17) is 0 Å². The van der Waals surface area contributed by atoms with Crippen molar-refractivity contribution in [1.82, 2.24) is 30.4 Å². The molecule has 4 aromatic rings. The van der Waals surface area contributed by atoms with Gasteiger partial charge in [0.05, 0.1) is 0 Å². The van der Waals surface area contributed by atoms with Crippen molar-refractivity contribution in [3.63, 3.8) is 0 Å². The quantitative estimate of drug-likeness (QED) is 0.208. The molecule has 4 heterocycles. The second-order valence-corrected chi connectivity index (χ2v) is 13.3. The van der Waals surface area contributed by atoms with E-state index in [0.717, 1.165) is 22.8 Å². The van der Waals surface area contributed by atoms with Crippen LogP contribution in [0.15, 0.2) is 48.8 Å². The van der Waals surface area contributed by atoms with Crippen molar-refractivity contribution in [1.29, 1.82) is 0 Å². The first-order valence-electron chi connectivity index (χ1n) is 14.0. The van der Waals surface area contributed by atoms with Gasteiger partial charge in [0.25, 0.3) is 0 Å². The van der Waals surface area contributed by atoms with Gasteiger partial charge in [-0.25, -0.2) is 0 Å². The van der Waals surface area contributed by atoms with Crippen LogP contribution in [0.25, 0.3) is 22.8 Å². The summed E-state index contributed by atoms with van der Waals surface area (Å²) in [5.74, 6) is 1.17. The van der Waals surface area contributed by atoms with E-state index >= 15 is 0 Å². The number of hydrogen-bond donors (Lipinski definition) is 0. The van der Waals surface area contributed by atoms with Gasteiger partial charge in [-0.15, -0.1) is 0 Å². The Morgan fingerprint density at radius 2 is 1.05 bits per heavy atom. The number of rotatable bonds is 2. The Balaban J connectivity index is 0.000000154. The Morgan fingerprint density at radius 1 is 0.650 bits per heavy atom. The minimum absolute atomic E-state index is 0. The summed E-state index contributed by atoms with van der Waals surface area (Å²) in [5.41, 5.74) is 10.1. The van der Waals surface area contributed by atoms with Crippen molar-refractivity contribution in [2.75, 3.05) is 0 Å². The largest absolute Gasteiger partial charge is 0.573 e. The molecule has 0 spiro atoms. The first kappa shape index (κ1) is 28.9. The molecule has 4 aliphatic carbocycles. The summed E-state index contributed by atoms with van der Waals surface area (Å²) in [4.78, 5) is 8.90. The topological polar surface area (TPSA) is 79.8 Å². The van der Waals surface area contributed by atoms with Crippen molar-refractivity contribution in [2.45, 2.75) is 89.9 Å². The van der Waals surface area contributed by atoms with Gasteiger partial charge in [0.1, 0.15) is 0 Å². The predicted octanol–water partition coefficient (Wildman–Crippen LogP) is 7.00. The SMILES string of the molecule is CC12CCC(c3c1n[n-]c3-c1ccccn1)C2(C)C.CC12CCC(c3c1n[n-]c3-c1ccccn1)C2(C)C.[CH3-].[Pt]. The molecule has 2 fully saturated rings. The average Bonchev–Trinajstić information content (AvgIpc) is 3.70. The molecule has 4 bridgehead atoms. The molecule has 4 atom stereocenters. The van der Waals surface area contributed by atoms with Gasteiger partial charge in [0, 0.05) is 67.1 Å². The number of pyridine rings is 2. The van der Waals surface area contributed by atoms with Crippen LogP contribution < -0.4 is 10.2 Å². The Bertz CT molecular complexity index is 1410. The van der Waals surface area contributed by atoms with E-state index in [2.05, 4.69) is 71.9 Å². The number of aromatic nitrogens is 6. The van der Waals surface area contributed by atoms with Gasteiger partial charge in [-0.1, -0.05) is 65.1 Å². The minimum Gasteiger partial charge on any atom is -0.573 e. The van der Waals surface area contributed by atoms with Gasteiger partial charge in [-0.05, 0) is 83.7 Å². The summed E-state index contributed by atoms with van der Waals surface area (Å²) < 4.78 is 0. The summed E-state index contributed by atoms with van der Waals surface area (Å²) in [6.45, 7) is 14.2. The summed E-state index contributed by atoms with van der Waals surface area (Å²) >= 11 is 0. The van der Waals surface area contributed by atoms with Crippen LogP contribution in [0.4, 0.5) is 0 Å². The van der Waals surface area contributed by atoms with Crippen LogP contribution >= 0.6 is 0 Å². The number of hydrogen-bond acceptors (Lipinski definition) is 4. The van der Waals surface area contributed by atoms with E-state index in [-0.39, 0.29) is 50.2 Å². The van der Waals surface area contributed by atoms with Crippen molar-refractivity contribution in [3.05, 3.63) is 78.7 Å². The van der Waals surface area contributed by atoms with Crippen LogP contribution in [0.1, 0.15) is 102 Å². The molecule has 0 aliphatic heterocycles. The maximum absolute atomic E-state index is 4.53. The van der Waals surface area contributed by atoms with E-state index in [1.54, 1.807) is 0 Å². The fourth-order valence-electron chi connectivity index (χ4n) is 8.36. The van der Waals surface area contributed by atoms with Gasteiger partial charge >= 0.3 is 0 Å². The molecule has 0 aromatic carbocycles. The van der Waals surface area contributed by atoms with Crippen LogP contribution in [0.3, 0.4) is 0 Å². The van der Waals surface area contributed by atoms with E-state index in [1.165, 1.54) is 48.2 Å². The van der Waals surface area contributed by atoms with Crippen LogP contribution in [-0.2, 0) is 31.9 Å². The Morgan fingerprint density at radius 3 is 1.40 bits per heavy atom. The summed E-state index contributed by atoms with van der Waals surface area (Å²) in [6.07, 6.45) is 8.64. The second kappa shape index (κ2) is 9.48. The van der Waals surface area contributed by atoms with E-state index in [0.29, 0.717) is 11.8 Å². The molecule has 4 unspecified atom stereocenters. The molecule has 8 rings (SSSR count). The Hall–Kier alpha value is -2.59. The zero-order chi connectivity index (χ0) is 26.5. The first-order valence-corrected chi connectivity index (χ1v) is 14.0. The van der Waals surface area contributed by atoms with Crippen LogP contribution in [0.2, 0.25) is 0 Å². The third-order valence-corrected chi connectivity index (χ3v) is 11.5. The third-order valence-electron chi connectivity index (χ3n) is 11.5. The molecular weight excluding hydrogens is 675 g/mol. The molecule has 7 heteroatoms. The van der Waals surface area contributed by atoms with Crippen molar-refractivity contribution < 1.29 is 21.1 Å². The molecule has 0 saturated heterocycles. The van der Waals surface area contributed by atoms with Crippen molar-refractivity contribution in [2.24, 2.45) is 10.8 Å². The van der Waals surface area contributed by atoms with Crippen molar-refractivity contribution >= 4 is 0 Å². The first-order chi connectivity index (χ1) is 18.1. The fraction of sp³-hybridized carbons (Fsp3) is 0.485. The molecule has 40 heavy (non-hydrogen) atoms. The molecule has 0 N–H and O–H groups in total. The molecule has 214 valence electrons. The zero-order valence-corrected chi connectivity index (χ0v) is 26.9. The van der Waals surface area contributed by atoms with Crippen LogP contribution in [0, 0.1) is 18.3 Å². The maximum atomic E-state index is 4.53. The standard InChI is InChI=1S/2C16H18N3.CH3.Pt/c2*1-15(2)10-7-8-16(15,3)14-12(10)13(18-19-14)11-6-4-5-9-17-11;;/h2*4-6,9-10H,7-8H2,1-3H3;1H3;/q3*-1;. The summed E-state index contributed by atoms with van der Waals surface area (Å²) in [6, 6.07) is 12.0. The van der Waals surface area contributed by atoms with Gasteiger partial charge in [-0.2, -0.15) is 0 Å². The molecule has 2 saturated carbocycles. The Kier molecular flexibility index (Phi) is 6.85. The normalized spacial score (nSPS) is 29.1. The van der Waals surface area contributed by atoms with E-state index < -0.39 is 0 Å². The molecule has 4 aromatic heterocycles. The second-order valence-electron chi connectivity index (χ2n) is 13.3. The number of nitrogens with zero attached hydrogens (tertiary/aromatic N) is 6. The molecule has 6 nitrogen and oxygen atoms in total. The van der Waals surface area contributed by atoms with Crippen LogP contribution in [-0.4, -0.2) is 20.2 Å². The Labute approximate surface area is 252 Å². The van der Waals surface area contributed by atoms with Gasteiger partial charge < -0.3 is 27.8 Å². The zero-order valence-electron chi connectivity index (χ0n) is 24.6. The predicted molar refractivity (Wildman–Crippen MR) is 154 cm³/mol. The van der Waals surface area contributed by atoms with E-state index in [9.17, 15) is 0 Å². The average molecular weight is 715 g/mol. The van der Waals surface area contributed by atoms with Crippen molar-refractivity contribution in [3.8, 4) is 22.8 Å². The summed E-state index contributed by atoms with van der Waals surface area (Å²) in [5, 5.41) is 18.0. The molecule has 0 amide bonds. The van der Waals surface area contributed by atoms with Gasteiger partial charge in [-0.3, -0.25) is 9.97 Å². The third kappa shape index (κ3) is 3.50.